The Hall–Kier alpha value is -4.69. The third-order valence-electron chi connectivity index (χ3n) is 8.08. The van der Waals surface area contributed by atoms with Crippen LogP contribution in [0.3, 0.4) is 0 Å². The summed E-state index contributed by atoms with van der Waals surface area (Å²) < 4.78 is 6.02. The van der Waals surface area contributed by atoms with E-state index in [0.29, 0.717) is 5.75 Å². The summed E-state index contributed by atoms with van der Waals surface area (Å²) in [7, 11) is 0. The number of nitrogens with two attached hydrogens (primary N) is 2. The molecule has 14 heteroatoms. The first-order valence-electron chi connectivity index (χ1n) is 13.2. The second-order valence-electron chi connectivity index (χ2n) is 10.5. The Morgan fingerprint density at radius 1 is 1.07 bits per heavy atom. The largest absolute Gasteiger partial charge is 0.456 e. The predicted molar refractivity (Wildman–Crippen MR) is 145 cm³/mol. The van der Waals surface area contributed by atoms with Crippen LogP contribution in [0.25, 0.3) is 0 Å². The summed E-state index contributed by atoms with van der Waals surface area (Å²) >= 11 is 0. The molecule has 0 saturated carbocycles. The number of hydrogen-bond acceptors (Lipinski definition) is 12. The Labute approximate surface area is 234 Å². The summed E-state index contributed by atoms with van der Waals surface area (Å²) in [6.07, 6.45) is 0.173. The fraction of sp³-hybridized carbons (Fsp3) is 0.370. The molecule has 2 saturated heterocycles. The lowest BCUT2D eigenvalue weighted by atomic mass is 9.84. The van der Waals surface area contributed by atoms with Gasteiger partial charge in [0.2, 0.25) is 17.6 Å². The number of benzene rings is 2. The van der Waals surface area contributed by atoms with Crippen LogP contribution in [0.2, 0.25) is 0 Å². The predicted octanol–water partition coefficient (Wildman–Crippen LogP) is -1.29. The zero-order valence-corrected chi connectivity index (χ0v) is 22.2. The van der Waals surface area contributed by atoms with E-state index in [9.17, 15) is 24.6 Å². The summed E-state index contributed by atoms with van der Waals surface area (Å²) in [5.74, 6) is -3.36. The lowest BCUT2D eigenvalue weighted by Crippen LogP contribution is -2.78. The Bertz CT molecular complexity index is 1490. The number of ether oxygens (including phenoxy) is 1. The highest BCUT2D eigenvalue weighted by Gasteiger charge is 2.73. The standard InChI is InChI=1S/C27H30N8O6/c1-14-6-2-4-8-17(14)41-18-9-5-3-7-15(18)23(38)31-19-13-35-25(29)30-16(12-34-20(36)10-11-21(34)37)22-26(35,27(19,39)40)33-24(28)32-22/h2-9,16,19,22,39-40H,10-13H2,1H3,(H2,29,30)(H,31,38)(H3,28,32,33)/t16-,19?,22-,26-/m0/s1. The number of hydrogen-bond donors (Lipinski definition) is 6. The Morgan fingerprint density at radius 2 is 1.73 bits per heavy atom. The molecule has 1 unspecified atom stereocenters. The Kier molecular flexibility index (Phi) is 6.12. The van der Waals surface area contributed by atoms with Crippen LogP contribution in [-0.2, 0) is 9.59 Å². The molecule has 0 aromatic heterocycles. The number of aryl methyl sites for hydroxylation is 1. The number of para-hydroxylation sites is 2. The van der Waals surface area contributed by atoms with Gasteiger partial charge in [-0.05, 0) is 30.7 Å². The molecule has 0 bridgehead atoms. The molecule has 2 fully saturated rings. The van der Waals surface area contributed by atoms with Gasteiger partial charge in [0.15, 0.2) is 17.6 Å². The van der Waals surface area contributed by atoms with Gasteiger partial charge < -0.3 is 42.0 Å². The average Bonchev–Trinajstić information content (AvgIpc) is 3.53. The van der Waals surface area contributed by atoms with Crippen LogP contribution >= 0.6 is 0 Å². The number of amides is 3. The summed E-state index contributed by atoms with van der Waals surface area (Å²) in [6.45, 7) is 1.56. The van der Waals surface area contributed by atoms with Crippen LogP contribution in [0.1, 0.15) is 28.8 Å². The van der Waals surface area contributed by atoms with E-state index in [0.717, 1.165) is 10.5 Å². The molecule has 4 heterocycles. The molecule has 0 radical (unpaired) electrons. The van der Waals surface area contributed by atoms with Crippen LogP contribution in [-0.4, -0.2) is 92.3 Å². The minimum atomic E-state index is -2.68. The second-order valence-corrected chi connectivity index (χ2v) is 10.5. The van der Waals surface area contributed by atoms with Crippen LogP contribution in [0.4, 0.5) is 0 Å². The second kappa shape index (κ2) is 9.45. The molecule has 6 rings (SSSR count). The van der Waals surface area contributed by atoms with Crippen molar-refractivity contribution >= 4 is 29.6 Å². The van der Waals surface area contributed by atoms with Gasteiger partial charge in [0.25, 0.3) is 5.91 Å². The minimum Gasteiger partial charge on any atom is -0.456 e. The Morgan fingerprint density at radius 3 is 2.44 bits per heavy atom. The maximum Gasteiger partial charge on any atom is 0.255 e. The number of nitrogens with one attached hydrogen (secondary N) is 2. The molecular formula is C27H30N8O6. The van der Waals surface area contributed by atoms with Gasteiger partial charge in [0, 0.05) is 19.4 Å². The van der Waals surface area contributed by atoms with Crippen molar-refractivity contribution < 1.29 is 29.3 Å². The van der Waals surface area contributed by atoms with Gasteiger partial charge in [-0.2, -0.15) is 0 Å². The van der Waals surface area contributed by atoms with Crippen molar-refractivity contribution in [3.8, 4) is 11.5 Å². The zero-order chi connectivity index (χ0) is 29.1. The molecule has 8 N–H and O–H groups in total. The quantitative estimate of drug-likeness (QED) is 0.181. The molecule has 214 valence electrons. The van der Waals surface area contributed by atoms with E-state index in [-0.39, 0.29) is 61.0 Å². The molecule has 4 aliphatic heterocycles. The number of likely N-dealkylation sites (tertiary alicyclic amines) is 1. The molecule has 4 atom stereocenters. The number of rotatable bonds is 6. The van der Waals surface area contributed by atoms with Crippen LogP contribution < -0.4 is 26.8 Å². The topological polar surface area (TPSA) is 208 Å². The van der Waals surface area contributed by atoms with Gasteiger partial charge in [0.1, 0.15) is 23.6 Å². The molecule has 2 aromatic carbocycles. The van der Waals surface area contributed by atoms with Gasteiger partial charge in [-0.1, -0.05) is 30.3 Å². The molecule has 2 aromatic rings. The van der Waals surface area contributed by atoms with Crippen LogP contribution in [0.5, 0.6) is 11.5 Å². The van der Waals surface area contributed by atoms with Crippen molar-refractivity contribution in [1.82, 2.24) is 20.4 Å². The van der Waals surface area contributed by atoms with E-state index in [1.54, 1.807) is 30.3 Å². The lowest BCUT2D eigenvalue weighted by Gasteiger charge is -2.49. The highest BCUT2D eigenvalue weighted by Crippen LogP contribution is 2.45. The number of aliphatic imine (C=N–C) groups is 2. The molecule has 3 amide bonds. The number of aliphatic hydroxyl groups is 2. The molecular weight excluding hydrogens is 532 g/mol. The fourth-order valence-corrected chi connectivity index (χ4v) is 6.02. The lowest BCUT2D eigenvalue weighted by molar-refractivity contribution is -0.230. The van der Waals surface area contributed by atoms with Gasteiger partial charge in [-0.25, -0.2) is 9.98 Å². The van der Waals surface area contributed by atoms with E-state index in [1.165, 1.54) is 4.90 Å². The summed E-state index contributed by atoms with van der Waals surface area (Å²) in [5, 5.41) is 28.9. The van der Waals surface area contributed by atoms with Crippen LogP contribution in [0.15, 0.2) is 58.5 Å². The maximum absolute atomic E-state index is 13.5. The first-order valence-corrected chi connectivity index (χ1v) is 13.2. The van der Waals surface area contributed by atoms with E-state index >= 15 is 0 Å². The zero-order valence-electron chi connectivity index (χ0n) is 22.2. The highest BCUT2D eigenvalue weighted by atomic mass is 16.5. The minimum absolute atomic E-state index is 0.0867. The number of imide groups is 1. The van der Waals surface area contributed by atoms with Gasteiger partial charge in [-0.3, -0.25) is 19.3 Å². The van der Waals surface area contributed by atoms with E-state index in [4.69, 9.17) is 16.2 Å². The van der Waals surface area contributed by atoms with Crippen molar-refractivity contribution in [1.29, 1.82) is 0 Å². The van der Waals surface area contributed by atoms with Crippen molar-refractivity contribution in [3.63, 3.8) is 0 Å². The number of carbonyl (C=O) groups excluding carboxylic acids is 3. The highest BCUT2D eigenvalue weighted by molar-refractivity contribution is 6.02. The third-order valence-corrected chi connectivity index (χ3v) is 8.08. The van der Waals surface area contributed by atoms with E-state index in [2.05, 4.69) is 20.6 Å². The smallest absolute Gasteiger partial charge is 0.255 e. The first-order chi connectivity index (χ1) is 19.5. The summed E-state index contributed by atoms with van der Waals surface area (Å²) in [5.41, 5.74) is 11.5. The fourth-order valence-electron chi connectivity index (χ4n) is 6.02. The number of nitrogens with zero attached hydrogens (tertiary/aromatic N) is 4. The van der Waals surface area contributed by atoms with Crippen LogP contribution in [0, 0.1) is 6.92 Å². The Balaban J connectivity index is 1.29. The molecule has 0 aliphatic carbocycles. The third kappa shape index (κ3) is 4.05. The van der Waals surface area contributed by atoms with Gasteiger partial charge >= 0.3 is 0 Å². The van der Waals surface area contributed by atoms with E-state index in [1.807, 2.05) is 25.1 Å². The average molecular weight is 563 g/mol. The van der Waals surface area contributed by atoms with Crippen molar-refractivity contribution in [2.45, 2.75) is 49.3 Å². The van der Waals surface area contributed by atoms with Gasteiger partial charge in [0.05, 0.1) is 18.2 Å². The van der Waals surface area contributed by atoms with Crippen molar-refractivity contribution in [2.24, 2.45) is 21.5 Å². The first kappa shape index (κ1) is 26.5. The maximum atomic E-state index is 13.5. The monoisotopic (exact) mass is 562 g/mol. The summed E-state index contributed by atoms with van der Waals surface area (Å²) in [6, 6.07) is 10.7. The van der Waals surface area contributed by atoms with Gasteiger partial charge in [-0.15, -0.1) is 0 Å². The molecule has 1 spiro atoms. The van der Waals surface area contributed by atoms with E-state index < -0.39 is 35.5 Å². The van der Waals surface area contributed by atoms with Crippen molar-refractivity contribution in [3.05, 3.63) is 59.7 Å². The molecule has 41 heavy (non-hydrogen) atoms. The number of carbonyl (C=O) groups is 3. The molecule has 4 aliphatic rings. The normalized spacial score (nSPS) is 28.0. The molecule has 14 nitrogen and oxygen atoms in total. The SMILES string of the molecule is Cc1ccccc1Oc1ccccc1C(=O)NC1CN2C(N)=N[C@@H](CN3C(=O)CCC3=O)[C@@H]3N=C(N)N[C@@]32C1(O)O. The van der Waals surface area contributed by atoms with Crippen molar-refractivity contribution in [2.75, 3.05) is 13.1 Å². The number of guanidine groups is 2. The summed E-state index contributed by atoms with van der Waals surface area (Å²) in [4.78, 5) is 49.4.